The van der Waals surface area contributed by atoms with E-state index in [2.05, 4.69) is 10.3 Å². The van der Waals surface area contributed by atoms with E-state index in [0.29, 0.717) is 22.9 Å². The number of rotatable bonds is 8. The summed E-state index contributed by atoms with van der Waals surface area (Å²) in [6.45, 7) is 0.0698. The summed E-state index contributed by atoms with van der Waals surface area (Å²) in [6.07, 6.45) is 5.78. The van der Waals surface area contributed by atoms with Gasteiger partial charge in [-0.3, -0.25) is 4.79 Å². The molecular formula is C25H24N2O4S. The highest BCUT2D eigenvalue weighted by Gasteiger charge is 2.25. The molecule has 0 bridgehead atoms. The van der Waals surface area contributed by atoms with Crippen molar-refractivity contribution in [2.45, 2.75) is 32.2 Å². The zero-order valence-electron chi connectivity index (χ0n) is 17.5. The van der Waals surface area contributed by atoms with E-state index in [1.807, 2.05) is 36.4 Å². The number of carbonyl (C=O) groups is 2. The smallest absolute Gasteiger partial charge is 0.341 e. The molecule has 7 heteroatoms. The maximum absolute atomic E-state index is 13.1. The Morgan fingerprint density at radius 1 is 1.09 bits per heavy atom. The fraction of sp³-hybridized carbons (Fsp3) is 0.240. The molecule has 0 spiro atoms. The molecule has 4 rings (SSSR count). The van der Waals surface area contributed by atoms with Crippen LogP contribution in [0.15, 0.2) is 59.6 Å². The van der Waals surface area contributed by atoms with E-state index in [1.165, 1.54) is 4.88 Å². The first-order valence-electron chi connectivity index (χ1n) is 10.6. The standard InChI is InChI=1S/C25H24N2O4S/c28-22(29)16-31-19-10-6-9-18(13-19)15-27-25-23(20-11-4-5-12-21(20)32-25)24(30)26-14-17-7-2-1-3-8-17/h1-3,6-10,13,15H,4-5,11-12,14,16H2,(H,26,30)(H,28,29). The van der Waals surface area contributed by atoms with Crippen LogP contribution in [0.2, 0.25) is 0 Å². The maximum Gasteiger partial charge on any atom is 0.341 e. The van der Waals surface area contributed by atoms with Crippen molar-refractivity contribution in [1.82, 2.24) is 5.32 Å². The first kappa shape index (κ1) is 21.8. The van der Waals surface area contributed by atoms with Gasteiger partial charge in [-0.1, -0.05) is 42.5 Å². The summed E-state index contributed by atoms with van der Waals surface area (Å²) >= 11 is 1.58. The summed E-state index contributed by atoms with van der Waals surface area (Å²) in [5.74, 6) is -0.666. The Kier molecular flexibility index (Phi) is 6.97. The minimum atomic E-state index is -1.03. The van der Waals surface area contributed by atoms with E-state index < -0.39 is 12.6 Å². The Hall–Kier alpha value is -3.45. The lowest BCUT2D eigenvalue weighted by molar-refractivity contribution is -0.139. The molecule has 1 amide bonds. The van der Waals surface area contributed by atoms with Gasteiger partial charge in [0.15, 0.2) is 6.61 Å². The normalized spacial score (nSPS) is 13.0. The predicted octanol–water partition coefficient (Wildman–Crippen LogP) is 4.77. The van der Waals surface area contributed by atoms with Crippen LogP contribution in [0.5, 0.6) is 5.75 Å². The average Bonchev–Trinajstić information content (AvgIpc) is 3.19. The molecule has 2 N–H and O–H groups in total. The molecule has 1 heterocycles. The van der Waals surface area contributed by atoms with Gasteiger partial charge in [-0.05, 0) is 54.5 Å². The van der Waals surface area contributed by atoms with Crippen molar-refractivity contribution in [2.75, 3.05) is 6.61 Å². The van der Waals surface area contributed by atoms with Crippen molar-refractivity contribution >= 4 is 34.4 Å². The predicted molar refractivity (Wildman–Crippen MR) is 125 cm³/mol. The summed E-state index contributed by atoms with van der Waals surface area (Å²) in [5.41, 5.74) is 3.62. The molecule has 1 aliphatic rings. The van der Waals surface area contributed by atoms with Crippen LogP contribution in [0, 0.1) is 0 Å². The number of carbonyl (C=O) groups excluding carboxylic acids is 1. The molecule has 1 aromatic heterocycles. The van der Waals surface area contributed by atoms with Gasteiger partial charge in [-0.25, -0.2) is 9.79 Å². The number of hydrogen-bond donors (Lipinski definition) is 2. The van der Waals surface area contributed by atoms with Gasteiger partial charge in [0.2, 0.25) is 0 Å². The lowest BCUT2D eigenvalue weighted by Crippen LogP contribution is -2.24. The van der Waals surface area contributed by atoms with Crippen molar-refractivity contribution in [3.8, 4) is 5.75 Å². The van der Waals surface area contributed by atoms with Crippen molar-refractivity contribution in [3.05, 3.63) is 81.7 Å². The topological polar surface area (TPSA) is 88.0 Å². The van der Waals surface area contributed by atoms with Crippen molar-refractivity contribution in [3.63, 3.8) is 0 Å². The number of carboxylic acid groups (broad SMARTS) is 1. The van der Waals surface area contributed by atoms with Crippen molar-refractivity contribution in [1.29, 1.82) is 0 Å². The number of aliphatic imine (C=N–C) groups is 1. The molecule has 6 nitrogen and oxygen atoms in total. The Morgan fingerprint density at radius 3 is 2.72 bits per heavy atom. The molecule has 0 saturated carbocycles. The summed E-state index contributed by atoms with van der Waals surface area (Å²) in [6, 6.07) is 16.9. The maximum atomic E-state index is 13.1. The summed E-state index contributed by atoms with van der Waals surface area (Å²) in [4.78, 5) is 29.8. The average molecular weight is 449 g/mol. The van der Waals surface area contributed by atoms with Crippen LogP contribution < -0.4 is 10.1 Å². The van der Waals surface area contributed by atoms with E-state index in [-0.39, 0.29) is 5.91 Å². The van der Waals surface area contributed by atoms with Crippen LogP contribution in [0.1, 0.15) is 44.8 Å². The first-order chi connectivity index (χ1) is 15.6. The molecule has 0 radical (unpaired) electrons. The number of amides is 1. The Bertz CT molecular complexity index is 1140. The molecule has 32 heavy (non-hydrogen) atoms. The molecule has 0 unspecified atom stereocenters. The Balaban J connectivity index is 1.56. The molecule has 3 aromatic rings. The van der Waals surface area contributed by atoms with Gasteiger partial charge in [0.25, 0.3) is 5.91 Å². The zero-order chi connectivity index (χ0) is 22.3. The van der Waals surface area contributed by atoms with Gasteiger partial charge in [0.05, 0.1) is 5.56 Å². The van der Waals surface area contributed by atoms with Gasteiger partial charge in [0.1, 0.15) is 10.8 Å². The second-order valence-corrected chi connectivity index (χ2v) is 8.66. The minimum Gasteiger partial charge on any atom is -0.482 e. The molecule has 0 fully saturated rings. The molecule has 1 aliphatic carbocycles. The van der Waals surface area contributed by atoms with E-state index in [4.69, 9.17) is 9.84 Å². The number of nitrogens with zero attached hydrogens (tertiary/aromatic N) is 1. The minimum absolute atomic E-state index is 0.0982. The largest absolute Gasteiger partial charge is 0.482 e. The molecule has 0 atom stereocenters. The number of benzene rings is 2. The van der Waals surface area contributed by atoms with Gasteiger partial charge < -0.3 is 15.2 Å². The number of thiophene rings is 1. The van der Waals surface area contributed by atoms with Gasteiger partial charge in [-0.2, -0.15) is 0 Å². The van der Waals surface area contributed by atoms with Crippen LogP contribution in [0.25, 0.3) is 0 Å². The Labute approximate surface area is 190 Å². The van der Waals surface area contributed by atoms with Crippen LogP contribution in [-0.2, 0) is 24.2 Å². The molecule has 0 aliphatic heterocycles. The number of ether oxygens (including phenoxy) is 1. The van der Waals surface area contributed by atoms with Gasteiger partial charge >= 0.3 is 5.97 Å². The number of aryl methyl sites for hydroxylation is 1. The molecule has 0 saturated heterocycles. The lowest BCUT2D eigenvalue weighted by Gasteiger charge is -2.12. The highest BCUT2D eigenvalue weighted by Crippen LogP contribution is 2.39. The van der Waals surface area contributed by atoms with E-state index >= 15 is 0 Å². The van der Waals surface area contributed by atoms with E-state index in [9.17, 15) is 9.59 Å². The monoisotopic (exact) mass is 448 g/mol. The molecular weight excluding hydrogens is 424 g/mol. The highest BCUT2D eigenvalue weighted by molar-refractivity contribution is 7.16. The van der Waals surface area contributed by atoms with Gasteiger partial charge in [-0.15, -0.1) is 11.3 Å². The van der Waals surface area contributed by atoms with Crippen LogP contribution in [0.3, 0.4) is 0 Å². The number of nitrogens with one attached hydrogen (secondary N) is 1. The second kappa shape index (κ2) is 10.2. The van der Waals surface area contributed by atoms with Gasteiger partial charge in [0, 0.05) is 17.6 Å². The number of fused-ring (bicyclic) bond motifs is 1. The van der Waals surface area contributed by atoms with Crippen LogP contribution in [0.4, 0.5) is 5.00 Å². The van der Waals surface area contributed by atoms with Crippen LogP contribution >= 0.6 is 11.3 Å². The first-order valence-corrected chi connectivity index (χ1v) is 11.4. The number of aliphatic carboxylic acids is 1. The third-order valence-corrected chi connectivity index (χ3v) is 6.43. The van der Waals surface area contributed by atoms with Crippen LogP contribution in [-0.4, -0.2) is 29.8 Å². The molecule has 2 aromatic carbocycles. The summed E-state index contributed by atoms with van der Waals surface area (Å²) in [5, 5.41) is 12.5. The third kappa shape index (κ3) is 5.42. The van der Waals surface area contributed by atoms with E-state index in [1.54, 1.807) is 35.8 Å². The number of carboxylic acids is 1. The third-order valence-electron chi connectivity index (χ3n) is 5.23. The SMILES string of the molecule is O=C(O)COc1cccc(C=Nc2sc3c(c2C(=O)NCc2ccccc2)CCCC3)c1. The summed E-state index contributed by atoms with van der Waals surface area (Å²) < 4.78 is 5.24. The quantitative estimate of drug-likeness (QED) is 0.486. The fourth-order valence-corrected chi connectivity index (χ4v) is 4.94. The molecule has 164 valence electrons. The van der Waals surface area contributed by atoms with E-state index in [0.717, 1.165) is 42.4 Å². The highest BCUT2D eigenvalue weighted by atomic mass is 32.1. The number of hydrogen-bond acceptors (Lipinski definition) is 5. The lowest BCUT2D eigenvalue weighted by atomic mass is 9.95. The Morgan fingerprint density at radius 2 is 1.91 bits per heavy atom. The van der Waals surface area contributed by atoms with Crippen molar-refractivity contribution in [2.24, 2.45) is 4.99 Å². The fourth-order valence-electron chi connectivity index (χ4n) is 3.71. The second-order valence-electron chi connectivity index (χ2n) is 7.57. The summed E-state index contributed by atoms with van der Waals surface area (Å²) in [7, 11) is 0. The zero-order valence-corrected chi connectivity index (χ0v) is 18.4. The van der Waals surface area contributed by atoms with Crippen molar-refractivity contribution < 1.29 is 19.4 Å².